The lowest BCUT2D eigenvalue weighted by molar-refractivity contribution is -0.120. The van der Waals surface area contributed by atoms with E-state index in [9.17, 15) is 4.79 Å². The van der Waals surface area contributed by atoms with Gasteiger partial charge in [0, 0.05) is 13.2 Å². The molecule has 1 fully saturated rings. The van der Waals surface area contributed by atoms with Crippen molar-refractivity contribution in [2.75, 3.05) is 13.2 Å². The lowest BCUT2D eigenvalue weighted by Gasteiger charge is -2.10. The fraction of sp³-hybridized carbons (Fsp3) is 0.462. The van der Waals surface area contributed by atoms with Crippen LogP contribution in [0, 0.1) is 0 Å². The summed E-state index contributed by atoms with van der Waals surface area (Å²) in [6.45, 7) is 1.38. The molecule has 1 aliphatic heterocycles. The van der Waals surface area contributed by atoms with Gasteiger partial charge in [0.25, 0.3) is 0 Å². The van der Waals surface area contributed by atoms with Gasteiger partial charge in [0.05, 0.1) is 22.6 Å². The first-order valence-electron chi connectivity index (χ1n) is 5.97. The van der Waals surface area contributed by atoms with Gasteiger partial charge in [-0.3, -0.25) is 4.79 Å². The van der Waals surface area contributed by atoms with Gasteiger partial charge in [-0.2, -0.15) is 0 Å². The van der Waals surface area contributed by atoms with Crippen LogP contribution in [0.5, 0.6) is 0 Å². The zero-order valence-corrected chi connectivity index (χ0v) is 11.4. The Morgan fingerprint density at radius 3 is 2.89 bits per heavy atom. The Bertz CT molecular complexity index is 431. The SMILES string of the molecule is O=C(Cc1ccc(Cl)c(Cl)c1)NC[C@H]1CCCO1. The summed E-state index contributed by atoms with van der Waals surface area (Å²) in [6.07, 6.45) is 2.58. The van der Waals surface area contributed by atoms with E-state index in [-0.39, 0.29) is 12.0 Å². The smallest absolute Gasteiger partial charge is 0.224 e. The summed E-state index contributed by atoms with van der Waals surface area (Å²) in [5, 5.41) is 3.84. The van der Waals surface area contributed by atoms with Gasteiger partial charge >= 0.3 is 0 Å². The highest BCUT2D eigenvalue weighted by atomic mass is 35.5. The normalized spacial score (nSPS) is 18.9. The molecule has 98 valence electrons. The van der Waals surface area contributed by atoms with Crippen molar-refractivity contribution in [2.24, 2.45) is 0 Å². The van der Waals surface area contributed by atoms with Crippen LogP contribution < -0.4 is 5.32 Å². The first-order valence-corrected chi connectivity index (χ1v) is 6.73. The number of hydrogen-bond donors (Lipinski definition) is 1. The second kappa shape index (κ2) is 6.41. The summed E-state index contributed by atoms with van der Waals surface area (Å²) in [5.74, 6) is -0.0242. The van der Waals surface area contributed by atoms with Gasteiger partial charge in [-0.25, -0.2) is 0 Å². The van der Waals surface area contributed by atoms with E-state index >= 15 is 0 Å². The molecule has 0 radical (unpaired) electrons. The second-order valence-corrected chi connectivity index (χ2v) is 5.18. The van der Waals surface area contributed by atoms with Crippen molar-refractivity contribution in [3.8, 4) is 0 Å². The standard InChI is InChI=1S/C13H15Cl2NO2/c14-11-4-3-9(6-12(11)15)7-13(17)16-8-10-2-1-5-18-10/h3-4,6,10H,1-2,5,7-8H2,(H,16,17)/t10-/m1/s1. The van der Waals surface area contributed by atoms with Crippen molar-refractivity contribution < 1.29 is 9.53 Å². The number of carbonyl (C=O) groups is 1. The molecule has 0 saturated carbocycles. The molecule has 1 amide bonds. The molecule has 1 aromatic rings. The Balaban J connectivity index is 1.80. The zero-order chi connectivity index (χ0) is 13.0. The summed E-state index contributed by atoms with van der Waals surface area (Å²) in [4.78, 5) is 11.7. The number of benzene rings is 1. The monoisotopic (exact) mass is 287 g/mol. The predicted molar refractivity (Wildman–Crippen MR) is 72.1 cm³/mol. The average Bonchev–Trinajstić information content (AvgIpc) is 2.84. The Morgan fingerprint density at radius 1 is 1.39 bits per heavy atom. The molecule has 2 rings (SSSR count). The van der Waals surface area contributed by atoms with E-state index in [1.807, 2.05) is 0 Å². The molecule has 3 nitrogen and oxygen atoms in total. The predicted octanol–water partition coefficient (Wildman–Crippen LogP) is 2.83. The third-order valence-electron chi connectivity index (χ3n) is 2.90. The Morgan fingerprint density at radius 2 is 2.22 bits per heavy atom. The second-order valence-electron chi connectivity index (χ2n) is 4.36. The van der Waals surface area contributed by atoms with Crippen LogP contribution in [-0.4, -0.2) is 25.2 Å². The number of halogens is 2. The van der Waals surface area contributed by atoms with Gasteiger partial charge < -0.3 is 10.1 Å². The minimum absolute atomic E-state index is 0.0242. The molecule has 0 bridgehead atoms. The topological polar surface area (TPSA) is 38.3 Å². The lowest BCUT2D eigenvalue weighted by Crippen LogP contribution is -2.32. The third-order valence-corrected chi connectivity index (χ3v) is 3.64. The number of carbonyl (C=O) groups excluding carboxylic acids is 1. The van der Waals surface area contributed by atoms with Crippen molar-refractivity contribution in [1.82, 2.24) is 5.32 Å². The van der Waals surface area contributed by atoms with E-state index in [1.165, 1.54) is 0 Å². The molecular formula is C13H15Cl2NO2. The van der Waals surface area contributed by atoms with Crippen molar-refractivity contribution in [2.45, 2.75) is 25.4 Å². The Kier molecular flexibility index (Phi) is 4.87. The minimum Gasteiger partial charge on any atom is -0.376 e. The highest BCUT2D eigenvalue weighted by molar-refractivity contribution is 6.42. The van der Waals surface area contributed by atoms with Crippen LogP contribution in [0.25, 0.3) is 0 Å². The Labute approximate surface area is 116 Å². The van der Waals surface area contributed by atoms with Crippen LogP contribution in [0.4, 0.5) is 0 Å². The fourth-order valence-corrected chi connectivity index (χ4v) is 2.25. The van der Waals surface area contributed by atoms with Crippen LogP contribution in [0.15, 0.2) is 18.2 Å². The van der Waals surface area contributed by atoms with Crippen molar-refractivity contribution in [1.29, 1.82) is 0 Å². The van der Waals surface area contributed by atoms with E-state index in [0.29, 0.717) is 23.0 Å². The van der Waals surface area contributed by atoms with Crippen LogP contribution in [0.1, 0.15) is 18.4 Å². The number of rotatable bonds is 4. The molecule has 5 heteroatoms. The number of amides is 1. The average molecular weight is 288 g/mol. The largest absolute Gasteiger partial charge is 0.376 e. The van der Waals surface area contributed by atoms with Gasteiger partial charge in [0.1, 0.15) is 0 Å². The lowest BCUT2D eigenvalue weighted by atomic mass is 10.1. The van der Waals surface area contributed by atoms with Crippen molar-refractivity contribution >= 4 is 29.1 Å². The van der Waals surface area contributed by atoms with Crippen LogP contribution in [-0.2, 0) is 16.0 Å². The molecule has 0 spiro atoms. The van der Waals surface area contributed by atoms with Crippen molar-refractivity contribution in [3.05, 3.63) is 33.8 Å². The van der Waals surface area contributed by atoms with Gasteiger partial charge in [-0.15, -0.1) is 0 Å². The first-order chi connectivity index (χ1) is 8.65. The molecule has 0 aliphatic carbocycles. The van der Waals surface area contributed by atoms with E-state index < -0.39 is 0 Å². The number of ether oxygens (including phenoxy) is 1. The quantitative estimate of drug-likeness (QED) is 0.925. The summed E-state index contributed by atoms with van der Waals surface area (Å²) in [7, 11) is 0. The fourth-order valence-electron chi connectivity index (χ4n) is 1.93. The molecule has 1 N–H and O–H groups in total. The summed E-state index contributed by atoms with van der Waals surface area (Å²) >= 11 is 11.7. The molecule has 1 heterocycles. The molecule has 1 aliphatic rings. The summed E-state index contributed by atoms with van der Waals surface area (Å²) < 4.78 is 5.44. The molecule has 0 unspecified atom stereocenters. The third kappa shape index (κ3) is 3.87. The van der Waals surface area contributed by atoms with E-state index in [4.69, 9.17) is 27.9 Å². The van der Waals surface area contributed by atoms with Crippen molar-refractivity contribution in [3.63, 3.8) is 0 Å². The minimum atomic E-state index is -0.0242. The van der Waals surface area contributed by atoms with E-state index in [0.717, 1.165) is 25.0 Å². The van der Waals surface area contributed by atoms with E-state index in [2.05, 4.69) is 5.32 Å². The van der Waals surface area contributed by atoms with Crippen LogP contribution in [0.2, 0.25) is 10.0 Å². The zero-order valence-electron chi connectivity index (χ0n) is 9.92. The molecule has 1 saturated heterocycles. The van der Waals surface area contributed by atoms with Gasteiger partial charge in [-0.05, 0) is 30.5 Å². The van der Waals surface area contributed by atoms with Crippen LogP contribution >= 0.6 is 23.2 Å². The number of hydrogen-bond acceptors (Lipinski definition) is 2. The Hall–Kier alpha value is -0.770. The molecule has 0 aromatic heterocycles. The maximum Gasteiger partial charge on any atom is 0.224 e. The van der Waals surface area contributed by atoms with E-state index in [1.54, 1.807) is 18.2 Å². The van der Waals surface area contributed by atoms with Gasteiger partial charge in [0.2, 0.25) is 5.91 Å². The van der Waals surface area contributed by atoms with Gasteiger partial charge in [-0.1, -0.05) is 29.3 Å². The first kappa shape index (κ1) is 13.7. The molecule has 18 heavy (non-hydrogen) atoms. The molecule has 1 atom stereocenters. The maximum atomic E-state index is 11.7. The summed E-state index contributed by atoms with van der Waals surface area (Å²) in [6, 6.07) is 5.22. The molecule has 1 aromatic carbocycles. The molecular weight excluding hydrogens is 273 g/mol. The maximum absolute atomic E-state index is 11.7. The van der Waals surface area contributed by atoms with Crippen LogP contribution in [0.3, 0.4) is 0 Å². The highest BCUT2D eigenvalue weighted by Crippen LogP contribution is 2.22. The highest BCUT2D eigenvalue weighted by Gasteiger charge is 2.16. The number of nitrogens with one attached hydrogen (secondary N) is 1. The van der Waals surface area contributed by atoms with Gasteiger partial charge in [0.15, 0.2) is 0 Å². The summed E-state index contributed by atoms with van der Waals surface area (Å²) in [5.41, 5.74) is 0.856.